The molecule has 1 aliphatic rings. The van der Waals surface area contributed by atoms with Gasteiger partial charge in [-0.05, 0) is 37.7 Å². The maximum atomic E-state index is 13.6. The van der Waals surface area contributed by atoms with Gasteiger partial charge in [-0.3, -0.25) is 0 Å². The highest BCUT2D eigenvalue weighted by atomic mass is 19.2. The first kappa shape index (κ1) is 14.3. The van der Waals surface area contributed by atoms with Gasteiger partial charge in [0.1, 0.15) is 6.10 Å². The molecule has 0 aromatic heterocycles. The summed E-state index contributed by atoms with van der Waals surface area (Å²) >= 11 is 0. The van der Waals surface area contributed by atoms with E-state index in [9.17, 15) is 23.4 Å². The molecular formula is C14H17F3O2. The first-order valence-corrected chi connectivity index (χ1v) is 6.39. The fourth-order valence-corrected chi connectivity index (χ4v) is 2.58. The number of aliphatic hydroxyl groups is 2. The molecule has 2 nitrogen and oxygen atoms in total. The van der Waals surface area contributed by atoms with Crippen LogP contribution in [0.4, 0.5) is 13.2 Å². The Morgan fingerprint density at radius 1 is 1.16 bits per heavy atom. The van der Waals surface area contributed by atoms with E-state index in [1.54, 1.807) is 0 Å². The van der Waals surface area contributed by atoms with E-state index < -0.39 is 34.7 Å². The summed E-state index contributed by atoms with van der Waals surface area (Å²) in [5.74, 6) is -3.93. The fraction of sp³-hybridized carbons (Fsp3) is 0.571. The van der Waals surface area contributed by atoms with Crippen LogP contribution in [0.25, 0.3) is 0 Å². The van der Waals surface area contributed by atoms with Gasteiger partial charge in [0, 0.05) is 5.56 Å². The molecule has 5 heteroatoms. The van der Waals surface area contributed by atoms with E-state index in [-0.39, 0.29) is 0 Å². The summed E-state index contributed by atoms with van der Waals surface area (Å²) < 4.78 is 39.6. The van der Waals surface area contributed by atoms with E-state index >= 15 is 0 Å². The van der Waals surface area contributed by atoms with Gasteiger partial charge in [-0.25, -0.2) is 13.2 Å². The van der Waals surface area contributed by atoms with Gasteiger partial charge in [0.15, 0.2) is 17.5 Å². The van der Waals surface area contributed by atoms with Gasteiger partial charge in [-0.2, -0.15) is 0 Å². The molecule has 1 unspecified atom stereocenters. The van der Waals surface area contributed by atoms with Gasteiger partial charge < -0.3 is 10.2 Å². The van der Waals surface area contributed by atoms with E-state index in [2.05, 4.69) is 0 Å². The fourth-order valence-electron chi connectivity index (χ4n) is 2.58. The predicted molar refractivity (Wildman–Crippen MR) is 63.9 cm³/mol. The number of hydrogen-bond donors (Lipinski definition) is 2. The number of benzene rings is 1. The quantitative estimate of drug-likeness (QED) is 0.814. The average Bonchev–Trinajstić information content (AvgIpc) is 2.39. The minimum absolute atomic E-state index is 0.313. The SMILES string of the molecule is CC1CCC(O)(C(O)c2ccc(F)c(F)c2F)CC1. The van der Waals surface area contributed by atoms with Crippen molar-refractivity contribution in [1.82, 2.24) is 0 Å². The van der Waals surface area contributed by atoms with Gasteiger partial charge in [-0.15, -0.1) is 0 Å². The molecule has 1 fully saturated rings. The summed E-state index contributed by atoms with van der Waals surface area (Å²) in [5, 5.41) is 20.5. The zero-order valence-electron chi connectivity index (χ0n) is 10.7. The van der Waals surface area contributed by atoms with Crippen LogP contribution in [-0.4, -0.2) is 15.8 Å². The lowest BCUT2D eigenvalue weighted by Gasteiger charge is -2.38. The molecular weight excluding hydrogens is 257 g/mol. The van der Waals surface area contributed by atoms with Crippen LogP contribution in [0, 0.1) is 23.4 Å². The van der Waals surface area contributed by atoms with Crippen LogP contribution in [0.5, 0.6) is 0 Å². The van der Waals surface area contributed by atoms with Crippen molar-refractivity contribution in [3.05, 3.63) is 35.1 Å². The Balaban J connectivity index is 2.29. The summed E-state index contributed by atoms with van der Waals surface area (Å²) in [6.45, 7) is 2.03. The smallest absolute Gasteiger partial charge is 0.194 e. The van der Waals surface area contributed by atoms with E-state index in [1.165, 1.54) is 0 Å². The molecule has 2 rings (SSSR count). The van der Waals surface area contributed by atoms with Gasteiger partial charge >= 0.3 is 0 Å². The summed E-state index contributed by atoms with van der Waals surface area (Å²) in [4.78, 5) is 0. The van der Waals surface area contributed by atoms with Gasteiger partial charge in [0.2, 0.25) is 0 Å². The topological polar surface area (TPSA) is 40.5 Å². The molecule has 0 amide bonds. The summed E-state index contributed by atoms with van der Waals surface area (Å²) in [5.41, 5.74) is -1.87. The van der Waals surface area contributed by atoms with Crippen LogP contribution in [0.1, 0.15) is 44.3 Å². The second kappa shape index (κ2) is 5.13. The number of hydrogen-bond acceptors (Lipinski definition) is 2. The number of aliphatic hydroxyl groups excluding tert-OH is 1. The molecule has 1 saturated carbocycles. The zero-order chi connectivity index (χ0) is 14.2. The molecule has 1 atom stereocenters. The second-order valence-corrected chi connectivity index (χ2v) is 5.45. The molecule has 0 saturated heterocycles. The van der Waals surface area contributed by atoms with Crippen molar-refractivity contribution < 1.29 is 23.4 Å². The lowest BCUT2D eigenvalue weighted by molar-refractivity contribution is -0.106. The summed E-state index contributed by atoms with van der Waals surface area (Å²) in [7, 11) is 0. The molecule has 1 aromatic rings. The third-order valence-electron chi connectivity index (χ3n) is 4.01. The minimum atomic E-state index is -1.62. The molecule has 106 valence electrons. The van der Waals surface area contributed by atoms with Crippen LogP contribution in [-0.2, 0) is 0 Å². The summed E-state index contributed by atoms with van der Waals surface area (Å²) in [6, 6.07) is 1.74. The van der Waals surface area contributed by atoms with E-state index in [4.69, 9.17) is 0 Å². The Kier molecular flexibility index (Phi) is 3.87. The highest BCUT2D eigenvalue weighted by Crippen LogP contribution is 2.41. The van der Waals surface area contributed by atoms with Crippen LogP contribution in [0.15, 0.2) is 12.1 Å². The third-order valence-corrected chi connectivity index (χ3v) is 4.01. The van der Waals surface area contributed by atoms with Crippen molar-refractivity contribution in [3.63, 3.8) is 0 Å². The Bertz CT molecular complexity index is 468. The molecule has 0 aliphatic heterocycles. The molecule has 19 heavy (non-hydrogen) atoms. The number of halogens is 3. The Morgan fingerprint density at radius 2 is 1.74 bits per heavy atom. The monoisotopic (exact) mass is 274 g/mol. The van der Waals surface area contributed by atoms with Crippen LogP contribution >= 0.6 is 0 Å². The Morgan fingerprint density at radius 3 is 2.32 bits per heavy atom. The molecule has 1 aromatic carbocycles. The minimum Gasteiger partial charge on any atom is -0.387 e. The molecule has 2 N–H and O–H groups in total. The van der Waals surface area contributed by atoms with E-state index in [0.717, 1.165) is 12.1 Å². The molecule has 0 radical (unpaired) electrons. The van der Waals surface area contributed by atoms with Crippen LogP contribution < -0.4 is 0 Å². The van der Waals surface area contributed by atoms with Crippen molar-refractivity contribution >= 4 is 0 Å². The van der Waals surface area contributed by atoms with Crippen LogP contribution in [0.2, 0.25) is 0 Å². The molecule has 0 spiro atoms. The maximum absolute atomic E-state index is 13.6. The highest BCUT2D eigenvalue weighted by molar-refractivity contribution is 5.25. The highest BCUT2D eigenvalue weighted by Gasteiger charge is 2.41. The van der Waals surface area contributed by atoms with Gasteiger partial charge in [0.25, 0.3) is 0 Å². The van der Waals surface area contributed by atoms with Crippen LogP contribution in [0.3, 0.4) is 0 Å². The normalized spacial score (nSPS) is 29.3. The average molecular weight is 274 g/mol. The third kappa shape index (κ3) is 2.62. The summed E-state index contributed by atoms with van der Waals surface area (Å²) in [6.07, 6.45) is 0.495. The predicted octanol–water partition coefficient (Wildman–Crippen LogP) is 3.08. The van der Waals surface area contributed by atoms with Crippen molar-refractivity contribution in [3.8, 4) is 0 Å². The standard InChI is InChI=1S/C14H17F3O2/c1-8-4-6-14(19,7-5-8)13(18)9-2-3-10(15)12(17)11(9)16/h2-3,8,13,18-19H,4-7H2,1H3. The largest absolute Gasteiger partial charge is 0.387 e. The van der Waals surface area contributed by atoms with E-state index in [0.29, 0.717) is 31.6 Å². The van der Waals surface area contributed by atoms with Crippen molar-refractivity contribution in [2.24, 2.45) is 5.92 Å². The lowest BCUT2D eigenvalue weighted by Crippen LogP contribution is -2.40. The van der Waals surface area contributed by atoms with Crippen molar-refractivity contribution in [2.75, 3.05) is 0 Å². The zero-order valence-corrected chi connectivity index (χ0v) is 10.7. The van der Waals surface area contributed by atoms with Gasteiger partial charge in [0.05, 0.1) is 5.60 Å². The van der Waals surface area contributed by atoms with E-state index in [1.807, 2.05) is 6.92 Å². The maximum Gasteiger partial charge on any atom is 0.194 e. The van der Waals surface area contributed by atoms with Gasteiger partial charge in [-0.1, -0.05) is 13.0 Å². The lowest BCUT2D eigenvalue weighted by atomic mass is 9.75. The molecule has 0 bridgehead atoms. The molecule has 1 aliphatic carbocycles. The second-order valence-electron chi connectivity index (χ2n) is 5.45. The Hall–Kier alpha value is -1.07. The first-order chi connectivity index (χ1) is 8.85. The van der Waals surface area contributed by atoms with Crippen molar-refractivity contribution in [1.29, 1.82) is 0 Å². The first-order valence-electron chi connectivity index (χ1n) is 6.39. The number of rotatable bonds is 2. The van der Waals surface area contributed by atoms with Crippen molar-refractivity contribution in [2.45, 2.75) is 44.3 Å². The Labute approximate surface area is 109 Å². The molecule has 0 heterocycles.